The molecule has 0 bridgehead atoms. The fraction of sp³-hybridized carbons (Fsp3) is 0.853. The molecule has 0 aromatic carbocycles. The number of likely N-dealkylation sites (tertiary alicyclic amines) is 1. The standard InChI is InChI=1S/C15H31N3O3S.C14H23N3O3.C3H8.C2H6/c1-14(2,3)11(9-18(7)21-22-8)16-13(20)17-12(10-19)15(4,5)6;1-17-7-3-6-11(17)14(20)16-10(12(18)13(15)19)8-9-4-2-5-9;1-3-2;1-2/h10-12H,9H2,1-8H3,(H2,16,17,20);9-11H,2-8H2,1H3,(H2,15,19)(H,16,20);3H2,1-2H3;1-2H3. The van der Waals surface area contributed by atoms with Crippen molar-refractivity contribution in [3.8, 4) is 0 Å². The lowest BCUT2D eigenvalue weighted by atomic mass is 9.80. The second-order valence-electron chi connectivity index (χ2n) is 14.2. The van der Waals surface area contributed by atoms with Crippen LogP contribution in [0.2, 0.25) is 0 Å². The molecule has 12 nitrogen and oxygen atoms in total. The Bertz CT molecular complexity index is 935. The van der Waals surface area contributed by atoms with E-state index in [0.29, 0.717) is 18.9 Å². The molecule has 4 amide bonds. The Balaban J connectivity index is 0. The number of nitrogens with two attached hydrogens (primary N) is 1. The van der Waals surface area contributed by atoms with Gasteiger partial charge in [-0.15, -0.1) is 0 Å². The van der Waals surface area contributed by atoms with Crippen molar-refractivity contribution in [1.82, 2.24) is 25.9 Å². The predicted octanol–water partition coefficient (Wildman–Crippen LogP) is 4.71. The zero-order valence-electron chi connectivity index (χ0n) is 31.7. The van der Waals surface area contributed by atoms with Crippen molar-refractivity contribution in [2.75, 3.05) is 33.4 Å². The number of Topliss-reactive ketones (excluding diaryl/α,β-unsaturated/α-hetero) is 1. The Kier molecular flexibility index (Phi) is 23.9. The van der Waals surface area contributed by atoms with Crippen LogP contribution in [0.3, 0.4) is 0 Å². The van der Waals surface area contributed by atoms with Crippen LogP contribution in [-0.2, 0) is 23.5 Å². The van der Waals surface area contributed by atoms with Gasteiger partial charge >= 0.3 is 6.03 Å². The van der Waals surface area contributed by atoms with E-state index >= 15 is 0 Å². The van der Waals surface area contributed by atoms with Crippen LogP contribution in [0.25, 0.3) is 0 Å². The summed E-state index contributed by atoms with van der Waals surface area (Å²) >= 11 is 1.25. The lowest BCUT2D eigenvalue weighted by Gasteiger charge is -2.35. The number of rotatable bonds is 13. The number of primary amides is 1. The van der Waals surface area contributed by atoms with Crippen molar-refractivity contribution in [2.24, 2.45) is 22.5 Å². The summed E-state index contributed by atoms with van der Waals surface area (Å²) in [7, 11) is 3.71. The molecule has 276 valence electrons. The van der Waals surface area contributed by atoms with Crippen LogP contribution in [0.15, 0.2) is 0 Å². The Morgan fingerprint density at radius 3 is 1.89 bits per heavy atom. The van der Waals surface area contributed by atoms with Gasteiger partial charge in [0, 0.05) is 31.9 Å². The van der Waals surface area contributed by atoms with Crippen molar-refractivity contribution in [2.45, 2.75) is 138 Å². The summed E-state index contributed by atoms with van der Waals surface area (Å²) in [5.41, 5.74) is 4.61. The highest BCUT2D eigenvalue weighted by Crippen LogP contribution is 2.31. The number of amides is 4. The van der Waals surface area contributed by atoms with Crippen LogP contribution in [0.4, 0.5) is 4.79 Å². The minimum Gasteiger partial charge on any atom is -0.363 e. The number of nitrogens with zero attached hydrogens (tertiary/aromatic N) is 2. The molecule has 47 heavy (non-hydrogen) atoms. The summed E-state index contributed by atoms with van der Waals surface area (Å²) in [6.07, 6.45) is 9.43. The zero-order chi connectivity index (χ0) is 37.0. The van der Waals surface area contributed by atoms with Crippen molar-refractivity contribution in [3.05, 3.63) is 0 Å². The van der Waals surface area contributed by atoms with Crippen molar-refractivity contribution < 1.29 is 28.3 Å². The molecule has 1 aliphatic carbocycles. The number of urea groups is 1. The van der Waals surface area contributed by atoms with Gasteiger partial charge in [-0.05, 0) is 49.6 Å². The Hall–Kier alpha value is -2.22. The average molecular weight is 689 g/mol. The Morgan fingerprint density at radius 1 is 0.979 bits per heavy atom. The number of hydrogen-bond donors (Lipinski definition) is 4. The normalized spacial score (nSPS) is 18.3. The van der Waals surface area contributed by atoms with E-state index in [2.05, 4.69) is 29.8 Å². The first-order chi connectivity index (χ1) is 21.8. The largest absolute Gasteiger partial charge is 0.363 e. The van der Waals surface area contributed by atoms with Crippen molar-refractivity contribution in [1.29, 1.82) is 0 Å². The fourth-order valence-electron chi connectivity index (χ4n) is 4.72. The zero-order valence-corrected chi connectivity index (χ0v) is 32.5. The first-order valence-electron chi connectivity index (χ1n) is 17.1. The maximum atomic E-state index is 12.2. The summed E-state index contributed by atoms with van der Waals surface area (Å²) in [6, 6.07) is -1.95. The number of aldehydes is 1. The molecule has 2 aliphatic rings. The number of hydroxylamine groups is 2. The molecular formula is C34H68N6O6S. The third kappa shape index (κ3) is 19.4. The van der Waals surface area contributed by atoms with E-state index in [1.165, 1.54) is 18.5 Å². The van der Waals surface area contributed by atoms with Gasteiger partial charge in [-0.25, -0.2) is 9.08 Å². The maximum Gasteiger partial charge on any atom is 0.315 e. The highest BCUT2D eigenvalue weighted by atomic mass is 32.2. The van der Waals surface area contributed by atoms with Gasteiger partial charge in [0.1, 0.15) is 6.29 Å². The van der Waals surface area contributed by atoms with Crippen LogP contribution in [0.1, 0.15) is 114 Å². The van der Waals surface area contributed by atoms with Crippen LogP contribution < -0.4 is 21.7 Å². The molecule has 1 saturated carbocycles. The first-order valence-corrected chi connectivity index (χ1v) is 18.3. The predicted molar refractivity (Wildman–Crippen MR) is 193 cm³/mol. The number of likely N-dealkylation sites (N-methyl/N-ethyl adjacent to an activating group) is 2. The van der Waals surface area contributed by atoms with Gasteiger partial charge in [-0.2, -0.15) is 5.06 Å². The minimum atomic E-state index is -0.964. The lowest BCUT2D eigenvalue weighted by molar-refractivity contribution is -0.139. The van der Waals surface area contributed by atoms with E-state index in [4.69, 9.17) is 10.0 Å². The van der Waals surface area contributed by atoms with Crippen LogP contribution in [-0.4, -0.2) is 97.5 Å². The van der Waals surface area contributed by atoms with Crippen molar-refractivity contribution >= 4 is 42.0 Å². The number of nitrogens with one attached hydrogen (secondary N) is 3. The molecule has 0 spiro atoms. The summed E-state index contributed by atoms with van der Waals surface area (Å²) in [5.74, 6) is -1.38. The molecule has 1 saturated heterocycles. The van der Waals surface area contributed by atoms with E-state index in [0.717, 1.165) is 44.9 Å². The molecule has 1 aliphatic heterocycles. The molecule has 1 heterocycles. The highest BCUT2D eigenvalue weighted by molar-refractivity contribution is 7.93. The Morgan fingerprint density at radius 2 is 1.53 bits per heavy atom. The number of ketones is 1. The summed E-state index contributed by atoms with van der Waals surface area (Å²) in [4.78, 5) is 60.5. The molecule has 2 fully saturated rings. The van der Waals surface area contributed by atoms with Crippen LogP contribution >= 0.6 is 12.0 Å². The average Bonchev–Trinajstić information content (AvgIpc) is 3.38. The molecule has 13 heteroatoms. The summed E-state index contributed by atoms with van der Waals surface area (Å²) in [5, 5.41) is 10.1. The molecule has 0 radical (unpaired) electrons. The fourth-order valence-corrected chi connectivity index (χ4v) is 5.04. The third-order valence-corrected chi connectivity index (χ3v) is 8.24. The SMILES string of the molecule is CC.CCC.CN1CCCC1C(=O)NC(CC1CCC1)C(=O)C(N)=O.CSON(C)CC(NC(=O)NC(C=O)C(C)(C)C)C(C)(C)C. The smallest absolute Gasteiger partial charge is 0.315 e. The van der Waals surface area contributed by atoms with Crippen LogP contribution in [0, 0.1) is 16.7 Å². The van der Waals surface area contributed by atoms with Crippen LogP contribution in [0.5, 0.6) is 0 Å². The maximum absolute atomic E-state index is 12.2. The molecule has 0 aromatic heterocycles. The van der Waals surface area contributed by atoms with Gasteiger partial charge in [0.05, 0.1) is 24.2 Å². The lowest BCUT2D eigenvalue weighted by Crippen LogP contribution is -2.56. The molecule has 5 N–H and O–H groups in total. The van der Waals surface area contributed by atoms with Gasteiger partial charge in [-0.1, -0.05) is 94.9 Å². The van der Waals surface area contributed by atoms with Gasteiger partial charge in [-0.3, -0.25) is 19.3 Å². The molecular weight excluding hydrogens is 620 g/mol. The van der Waals surface area contributed by atoms with E-state index in [9.17, 15) is 24.0 Å². The van der Waals surface area contributed by atoms with E-state index in [-0.39, 0.29) is 34.9 Å². The topological polar surface area (TPSA) is 163 Å². The van der Waals surface area contributed by atoms with E-state index in [1.807, 2.05) is 80.6 Å². The number of carbonyl (C=O) groups is 5. The summed E-state index contributed by atoms with van der Waals surface area (Å²) in [6.45, 7) is 21.5. The number of carbonyl (C=O) groups excluding carboxylic acids is 5. The monoisotopic (exact) mass is 688 g/mol. The van der Waals surface area contributed by atoms with E-state index in [1.54, 1.807) is 5.06 Å². The minimum absolute atomic E-state index is 0.128. The summed E-state index contributed by atoms with van der Waals surface area (Å²) < 4.78 is 5.33. The van der Waals surface area contributed by atoms with E-state index < -0.39 is 23.8 Å². The number of hydrogen-bond acceptors (Lipinski definition) is 9. The molecule has 0 aromatic rings. The first kappa shape index (κ1) is 46.9. The van der Waals surface area contributed by atoms with Gasteiger partial charge in [0.2, 0.25) is 11.7 Å². The quantitative estimate of drug-likeness (QED) is 0.0929. The van der Waals surface area contributed by atoms with Gasteiger partial charge < -0.3 is 26.5 Å². The van der Waals surface area contributed by atoms with Gasteiger partial charge in [0.25, 0.3) is 5.91 Å². The molecule has 4 unspecified atom stereocenters. The van der Waals surface area contributed by atoms with Gasteiger partial charge in [0.15, 0.2) is 0 Å². The highest BCUT2D eigenvalue weighted by Gasteiger charge is 2.35. The Labute approximate surface area is 290 Å². The molecule has 4 atom stereocenters. The second kappa shape index (κ2) is 24.0. The van der Waals surface area contributed by atoms with Crippen molar-refractivity contribution in [3.63, 3.8) is 0 Å². The third-order valence-electron chi connectivity index (χ3n) is 7.84. The second-order valence-corrected chi connectivity index (χ2v) is 14.7. The molecule has 2 rings (SSSR count).